The number of anilines is 2. The third kappa shape index (κ3) is 4.20. The van der Waals surface area contributed by atoms with Crippen LogP contribution >= 0.6 is 0 Å². The monoisotopic (exact) mass is 390 g/mol. The van der Waals surface area contributed by atoms with Crippen molar-refractivity contribution in [2.24, 2.45) is 0 Å². The third-order valence-electron chi connectivity index (χ3n) is 4.80. The fraction of sp³-hybridized carbons (Fsp3) is 0.400. The number of sulfonamides is 1. The highest BCUT2D eigenvalue weighted by Gasteiger charge is 2.21. The van der Waals surface area contributed by atoms with Gasteiger partial charge in [-0.3, -0.25) is 4.72 Å². The lowest BCUT2D eigenvalue weighted by atomic mass is 10.1. The van der Waals surface area contributed by atoms with Crippen molar-refractivity contribution in [3.63, 3.8) is 0 Å². The van der Waals surface area contributed by atoms with Crippen molar-refractivity contribution < 1.29 is 17.9 Å². The van der Waals surface area contributed by atoms with Gasteiger partial charge in [0.25, 0.3) is 10.0 Å². The highest BCUT2D eigenvalue weighted by atomic mass is 32.2. The van der Waals surface area contributed by atoms with Gasteiger partial charge in [0, 0.05) is 24.0 Å². The summed E-state index contributed by atoms with van der Waals surface area (Å²) >= 11 is 0. The van der Waals surface area contributed by atoms with Gasteiger partial charge in [0.15, 0.2) is 0 Å². The molecule has 0 aliphatic carbocycles. The van der Waals surface area contributed by atoms with Crippen LogP contribution < -0.4 is 14.4 Å². The van der Waals surface area contributed by atoms with Crippen molar-refractivity contribution in [1.29, 1.82) is 0 Å². The summed E-state index contributed by atoms with van der Waals surface area (Å²) in [5.74, 6) is 0.676. The lowest BCUT2D eigenvalue weighted by Gasteiger charge is -2.35. The van der Waals surface area contributed by atoms with Crippen molar-refractivity contribution in [1.82, 2.24) is 0 Å². The minimum atomic E-state index is -3.68. The summed E-state index contributed by atoms with van der Waals surface area (Å²) in [6.45, 7) is 7.94. The van der Waals surface area contributed by atoms with Crippen molar-refractivity contribution in [3.05, 3.63) is 47.5 Å². The second kappa shape index (κ2) is 7.78. The van der Waals surface area contributed by atoms with Crippen LogP contribution in [0.3, 0.4) is 0 Å². The topological polar surface area (TPSA) is 67.9 Å². The van der Waals surface area contributed by atoms with Gasteiger partial charge in [-0.2, -0.15) is 0 Å². The Balaban J connectivity index is 1.81. The van der Waals surface area contributed by atoms with E-state index < -0.39 is 10.0 Å². The molecular weight excluding hydrogens is 364 g/mol. The van der Waals surface area contributed by atoms with Crippen LogP contribution in [0.2, 0.25) is 0 Å². The lowest BCUT2D eigenvalue weighted by molar-refractivity contribution is 0.0989. The Morgan fingerprint density at radius 3 is 2.48 bits per heavy atom. The fourth-order valence-electron chi connectivity index (χ4n) is 3.31. The molecular formula is C20H26N2O4S. The first kappa shape index (κ1) is 19.5. The van der Waals surface area contributed by atoms with E-state index in [2.05, 4.69) is 16.5 Å². The standard InChI is InChI=1S/C20H26N2O4S/c1-14-12-20(15(2)11-19(14)25-4)27(23,24)21-17-5-7-18(8-6-17)22-9-10-26-13-16(22)3/h5-8,11-12,16,21H,9-10,13H2,1-4H3. The molecule has 2 aromatic rings. The van der Waals surface area contributed by atoms with E-state index in [1.54, 1.807) is 38.3 Å². The number of nitrogens with zero attached hydrogens (tertiary/aromatic N) is 1. The molecule has 0 saturated carbocycles. The van der Waals surface area contributed by atoms with Crippen molar-refractivity contribution >= 4 is 21.4 Å². The van der Waals surface area contributed by atoms with Crippen molar-refractivity contribution in [2.75, 3.05) is 36.5 Å². The van der Waals surface area contributed by atoms with Gasteiger partial charge in [-0.15, -0.1) is 0 Å². The molecule has 0 aromatic heterocycles. The Bertz CT molecular complexity index is 910. The van der Waals surface area contributed by atoms with E-state index in [0.29, 0.717) is 36.3 Å². The smallest absolute Gasteiger partial charge is 0.262 e. The Hall–Kier alpha value is -2.25. The third-order valence-corrected chi connectivity index (χ3v) is 6.32. The number of benzene rings is 2. The number of hydrogen-bond donors (Lipinski definition) is 1. The average molecular weight is 391 g/mol. The zero-order valence-corrected chi connectivity index (χ0v) is 17.0. The minimum absolute atomic E-state index is 0.256. The van der Waals surface area contributed by atoms with Crippen molar-refractivity contribution in [3.8, 4) is 5.75 Å². The molecule has 3 rings (SSSR count). The maximum absolute atomic E-state index is 12.8. The molecule has 1 saturated heterocycles. The van der Waals surface area contributed by atoms with Gasteiger partial charge in [-0.1, -0.05) is 0 Å². The molecule has 0 bridgehead atoms. The predicted octanol–water partition coefficient (Wildman–Crippen LogP) is 3.34. The number of hydrogen-bond acceptors (Lipinski definition) is 5. The average Bonchev–Trinajstić information content (AvgIpc) is 2.64. The van der Waals surface area contributed by atoms with Gasteiger partial charge < -0.3 is 14.4 Å². The second-order valence-electron chi connectivity index (χ2n) is 6.86. The molecule has 1 unspecified atom stereocenters. The first-order valence-corrected chi connectivity index (χ1v) is 10.4. The van der Waals surface area contributed by atoms with Crippen LogP contribution in [0.5, 0.6) is 5.75 Å². The summed E-state index contributed by atoms with van der Waals surface area (Å²) in [6.07, 6.45) is 0. The number of morpholine rings is 1. The molecule has 1 aliphatic rings. The van der Waals surface area contributed by atoms with E-state index in [1.165, 1.54) is 0 Å². The number of methoxy groups -OCH3 is 1. The Morgan fingerprint density at radius 2 is 1.85 bits per heavy atom. The maximum atomic E-state index is 12.8. The zero-order chi connectivity index (χ0) is 19.6. The van der Waals surface area contributed by atoms with E-state index >= 15 is 0 Å². The molecule has 1 heterocycles. The molecule has 0 spiro atoms. The molecule has 1 fully saturated rings. The van der Waals surface area contributed by atoms with Crippen molar-refractivity contribution in [2.45, 2.75) is 31.7 Å². The molecule has 2 aromatic carbocycles. The highest BCUT2D eigenvalue weighted by Crippen LogP contribution is 2.28. The summed E-state index contributed by atoms with van der Waals surface area (Å²) in [7, 11) is -2.10. The molecule has 7 heteroatoms. The predicted molar refractivity (Wildman–Crippen MR) is 107 cm³/mol. The molecule has 1 atom stereocenters. The summed E-state index contributed by atoms with van der Waals surface area (Å²) in [5, 5.41) is 0. The molecule has 1 aliphatic heterocycles. The van der Waals surface area contributed by atoms with Crippen LogP contribution in [0.4, 0.5) is 11.4 Å². The normalized spacial score (nSPS) is 17.6. The van der Waals surface area contributed by atoms with Gasteiger partial charge in [-0.25, -0.2) is 8.42 Å². The zero-order valence-electron chi connectivity index (χ0n) is 16.2. The maximum Gasteiger partial charge on any atom is 0.262 e. The van der Waals surface area contributed by atoms with Gasteiger partial charge in [0.2, 0.25) is 0 Å². The van der Waals surface area contributed by atoms with Crippen LogP contribution in [0.15, 0.2) is 41.3 Å². The second-order valence-corrected chi connectivity index (χ2v) is 8.51. The quantitative estimate of drug-likeness (QED) is 0.848. The van der Waals surface area contributed by atoms with Gasteiger partial charge in [-0.05, 0) is 68.3 Å². The largest absolute Gasteiger partial charge is 0.496 e. The molecule has 6 nitrogen and oxygen atoms in total. The summed E-state index contributed by atoms with van der Waals surface area (Å²) in [6, 6.07) is 11.1. The molecule has 0 amide bonds. The highest BCUT2D eigenvalue weighted by molar-refractivity contribution is 7.92. The van der Waals surface area contributed by atoms with Gasteiger partial charge >= 0.3 is 0 Å². The number of rotatable bonds is 5. The lowest BCUT2D eigenvalue weighted by Crippen LogP contribution is -2.43. The number of nitrogens with one attached hydrogen (secondary N) is 1. The SMILES string of the molecule is COc1cc(C)c(S(=O)(=O)Nc2ccc(N3CCOCC3C)cc2)cc1C. The van der Waals surface area contributed by atoms with E-state index in [1.807, 2.05) is 19.1 Å². The molecule has 0 radical (unpaired) electrons. The minimum Gasteiger partial charge on any atom is -0.496 e. The van der Waals surface area contributed by atoms with E-state index in [9.17, 15) is 8.42 Å². The van der Waals surface area contributed by atoms with Gasteiger partial charge in [0.1, 0.15) is 5.75 Å². The number of ether oxygens (including phenoxy) is 2. The number of aryl methyl sites for hydroxylation is 2. The van der Waals surface area contributed by atoms with Crippen LogP contribution in [-0.2, 0) is 14.8 Å². The Labute approximate surface area is 161 Å². The van der Waals surface area contributed by atoms with Crippen LogP contribution in [-0.4, -0.2) is 41.3 Å². The first-order valence-electron chi connectivity index (χ1n) is 8.94. The fourth-order valence-corrected chi connectivity index (χ4v) is 4.69. The Morgan fingerprint density at radius 1 is 1.15 bits per heavy atom. The van der Waals surface area contributed by atoms with E-state index in [-0.39, 0.29) is 4.90 Å². The van der Waals surface area contributed by atoms with E-state index in [4.69, 9.17) is 9.47 Å². The first-order chi connectivity index (χ1) is 12.8. The summed E-state index contributed by atoms with van der Waals surface area (Å²) in [4.78, 5) is 2.52. The van der Waals surface area contributed by atoms with Crippen LogP contribution in [0, 0.1) is 13.8 Å². The molecule has 1 N–H and O–H groups in total. The van der Waals surface area contributed by atoms with E-state index in [0.717, 1.165) is 17.8 Å². The summed E-state index contributed by atoms with van der Waals surface area (Å²) in [5.41, 5.74) is 3.02. The molecule has 27 heavy (non-hydrogen) atoms. The van der Waals surface area contributed by atoms with Crippen LogP contribution in [0.1, 0.15) is 18.1 Å². The molecule has 146 valence electrons. The van der Waals surface area contributed by atoms with Gasteiger partial charge in [0.05, 0.1) is 25.2 Å². The van der Waals surface area contributed by atoms with Crippen LogP contribution in [0.25, 0.3) is 0 Å². The summed E-state index contributed by atoms with van der Waals surface area (Å²) < 4.78 is 39.1. The Kier molecular flexibility index (Phi) is 5.62.